The Balaban J connectivity index is 1.42. The minimum absolute atomic E-state index is 0.0265. The molecule has 6 nitrogen and oxygen atoms in total. The second-order valence-corrected chi connectivity index (χ2v) is 6.89. The largest absolute Gasteiger partial charge is 0.493 e. The van der Waals surface area contributed by atoms with E-state index >= 15 is 0 Å². The first kappa shape index (κ1) is 18.3. The summed E-state index contributed by atoms with van der Waals surface area (Å²) in [7, 11) is 0. The highest BCUT2D eigenvalue weighted by atomic mass is 16.5. The second-order valence-electron chi connectivity index (χ2n) is 6.89. The third-order valence-electron chi connectivity index (χ3n) is 4.93. The Labute approximate surface area is 165 Å². The van der Waals surface area contributed by atoms with Crippen molar-refractivity contribution in [3.8, 4) is 5.88 Å². The molecular formula is C22H25N3O3. The Kier molecular flexibility index (Phi) is 5.46. The quantitative estimate of drug-likeness (QED) is 0.771. The summed E-state index contributed by atoms with van der Waals surface area (Å²) >= 11 is 0. The molecule has 1 aromatic carbocycles. The van der Waals surface area contributed by atoms with Crippen LogP contribution in [0.1, 0.15) is 31.0 Å². The predicted molar refractivity (Wildman–Crippen MR) is 105 cm³/mol. The van der Waals surface area contributed by atoms with Crippen molar-refractivity contribution in [2.45, 2.75) is 39.5 Å². The molecule has 0 radical (unpaired) electrons. The molecule has 1 aromatic heterocycles. The first-order valence-corrected chi connectivity index (χ1v) is 9.81. The van der Waals surface area contributed by atoms with Crippen LogP contribution in [-0.4, -0.2) is 33.7 Å². The highest BCUT2D eigenvalue weighted by Crippen LogP contribution is 2.25. The van der Waals surface area contributed by atoms with Gasteiger partial charge in [-0.25, -0.2) is 0 Å². The first-order chi connectivity index (χ1) is 13.7. The highest BCUT2D eigenvalue weighted by Gasteiger charge is 2.27. The minimum Gasteiger partial charge on any atom is -0.493 e. The van der Waals surface area contributed by atoms with E-state index in [0.29, 0.717) is 50.1 Å². The topological polar surface area (TPSA) is 56.6 Å². The van der Waals surface area contributed by atoms with Crippen molar-refractivity contribution >= 4 is 5.91 Å². The van der Waals surface area contributed by atoms with Gasteiger partial charge in [-0.15, -0.1) is 5.10 Å². The number of hydrogen-bond acceptors (Lipinski definition) is 4. The summed E-state index contributed by atoms with van der Waals surface area (Å²) in [6.07, 6.45) is 5.80. The molecule has 0 spiro atoms. The SMILES string of the molecule is CCOC1=CCCC=C1C(=O)N1CCn2nc(OCc3ccccc3)cc2C1. The fourth-order valence-electron chi connectivity index (χ4n) is 3.52. The van der Waals surface area contributed by atoms with E-state index in [2.05, 4.69) is 5.10 Å². The van der Waals surface area contributed by atoms with Crippen LogP contribution in [0.25, 0.3) is 0 Å². The van der Waals surface area contributed by atoms with Gasteiger partial charge < -0.3 is 14.4 Å². The van der Waals surface area contributed by atoms with Crippen molar-refractivity contribution in [1.29, 1.82) is 0 Å². The number of carbonyl (C=O) groups excluding carboxylic acids is 1. The number of nitrogens with zero attached hydrogens (tertiary/aromatic N) is 3. The summed E-state index contributed by atoms with van der Waals surface area (Å²) in [6, 6.07) is 11.9. The lowest BCUT2D eigenvalue weighted by atomic mass is 10.0. The van der Waals surface area contributed by atoms with Crippen LogP contribution in [0.4, 0.5) is 0 Å². The molecule has 1 amide bonds. The molecule has 0 N–H and O–H groups in total. The molecule has 0 bridgehead atoms. The molecule has 0 fully saturated rings. The van der Waals surface area contributed by atoms with Crippen LogP contribution in [-0.2, 0) is 29.2 Å². The first-order valence-electron chi connectivity index (χ1n) is 9.81. The summed E-state index contributed by atoms with van der Waals surface area (Å²) in [5.41, 5.74) is 2.77. The number of aromatic nitrogens is 2. The lowest BCUT2D eigenvalue weighted by molar-refractivity contribution is -0.128. The Bertz CT molecular complexity index is 899. The Hall–Kier alpha value is -3.02. The fourth-order valence-corrected chi connectivity index (χ4v) is 3.52. The number of hydrogen-bond donors (Lipinski definition) is 0. The van der Waals surface area contributed by atoms with Crippen LogP contribution in [0.15, 0.2) is 59.9 Å². The number of benzene rings is 1. The molecule has 6 heteroatoms. The molecule has 0 unspecified atom stereocenters. The van der Waals surface area contributed by atoms with Crippen LogP contribution in [0, 0.1) is 0 Å². The minimum atomic E-state index is 0.0265. The monoisotopic (exact) mass is 379 g/mol. The molecule has 2 heterocycles. The molecule has 0 atom stereocenters. The summed E-state index contributed by atoms with van der Waals surface area (Å²) in [5, 5.41) is 4.52. The molecule has 1 aliphatic heterocycles. The maximum absolute atomic E-state index is 13.0. The van der Waals surface area contributed by atoms with Gasteiger partial charge in [0.05, 0.1) is 31.0 Å². The third-order valence-corrected chi connectivity index (χ3v) is 4.93. The van der Waals surface area contributed by atoms with Crippen LogP contribution >= 0.6 is 0 Å². The van der Waals surface area contributed by atoms with Gasteiger partial charge in [0, 0.05) is 12.6 Å². The molecule has 1 aliphatic carbocycles. The number of fused-ring (bicyclic) bond motifs is 1. The Morgan fingerprint density at radius 1 is 1.11 bits per heavy atom. The van der Waals surface area contributed by atoms with E-state index in [1.54, 1.807) is 0 Å². The summed E-state index contributed by atoms with van der Waals surface area (Å²) in [4.78, 5) is 14.9. The number of amides is 1. The molecular weight excluding hydrogens is 354 g/mol. The smallest absolute Gasteiger partial charge is 0.257 e. The van der Waals surface area contributed by atoms with E-state index in [-0.39, 0.29) is 5.91 Å². The molecule has 146 valence electrons. The predicted octanol–water partition coefficient (Wildman–Crippen LogP) is 3.44. The van der Waals surface area contributed by atoms with Gasteiger partial charge in [-0.05, 0) is 31.4 Å². The number of rotatable bonds is 6. The maximum atomic E-state index is 13.0. The number of carbonyl (C=O) groups is 1. The lowest BCUT2D eigenvalue weighted by Gasteiger charge is -2.29. The molecule has 4 rings (SSSR count). The van der Waals surface area contributed by atoms with Gasteiger partial charge >= 0.3 is 0 Å². The fraction of sp³-hybridized carbons (Fsp3) is 0.364. The molecule has 28 heavy (non-hydrogen) atoms. The van der Waals surface area contributed by atoms with E-state index in [0.717, 1.165) is 24.1 Å². The average Bonchev–Trinajstić information content (AvgIpc) is 3.15. The Morgan fingerprint density at radius 3 is 2.75 bits per heavy atom. The van der Waals surface area contributed by atoms with E-state index in [9.17, 15) is 4.79 Å². The highest BCUT2D eigenvalue weighted by molar-refractivity contribution is 5.97. The van der Waals surface area contributed by atoms with Gasteiger partial charge in [-0.3, -0.25) is 9.48 Å². The van der Waals surface area contributed by atoms with Crippen molar-refractivity contribution in [2.24, 2.45) is 0 Å². The second kappa shape index (κ2) is 8.33. The van der Waals surface area contributed by atoms with Crippen molar-refractivity contribution in [2.75, 3.05) is 13.2 Å². The number of ether oxygens (including phenoxy) is 2. The van der Waals surface area contributed by atoms with E-state index in [1.807, 2.05) is 65.1 Å². The van der Waals surface area contributed by atoms with Gasteiger partial charge in [-0.2, -0.15) is 0 Å². The van der Waals surface area contributed by atoms with Gasteiger partial charge in [-0.1, -0.05) is 36.4 Å². The third kappa shape index (κ3) is 3.96. The van der Waals surface area contributed by atoms with E-state index < -0.39 is 0 Å². The van der Waals surface area contributed by atoms with Crippen molar-refractivity contribution in [1.82, 2.24) is 14.7 Å². The molecule has 0 saturated carbocycles. The van der Waals surface area contributed by atoms with Crippen molar-refractivity contribution in [3.63, 3.8) is 0 Å². The Morgan fingerprint density at radius 2 is 1.93 bits per heavy atom. The van der Waals surface area contributed by atoms with Gasteiger partial charge in [0.1, 0.15) is 12.4 Å². The van der Waals surface area contributed by atoms with Crippen LogP contribution in [0.3, 0.4) is 0 Å². The molecule has 0 saturated heterocycles. The van der Waals surface area contributed by atoms with E-state index in [1.165, 1.54) is 0 Å². The standard InChI is InChI=1S/C22H25N3O3/c1-2-27-20-11-7-6-10-19(20)22(26)24-12-13-25-18(15-24)14-21(23-25)28-16-17-8-4-3-5-9-17/h3-5,8-11,14H,2,6-7,12-13,15-16H2,1H3. The van der Waals surface area contributed by atoms with Gasteiger partial charge in [0.15, 0.2) is 0 Å². The van der Waals surface area contributed by atoms with Crippen molar-refractivity contribution in [3.05, 3.63) is 71.1 Å². The van der Waals surface area contributed by atoms with Crippen molar-refractivity contribution < 1.29 is 14.3 Å². The molecule has 2 aromatic rings. The average molecular weight is 379 g/mol. The summed E-state index contributed by atoms with van der Waals surface area (Å²) in [6.45, 7) is 4.80. The van der Waals surface area contributed by atoms with Gasteiger partial charge in [0.2, 0.25) is 5.88 Å². The van der Waals surface area contributed by atoms with Crippen LogP contribution in [0.2, 0.25) is 0 Å². The normalized spacial score (nSPS) is 16.1. The summed E-state index contributed by atoms with van der Waals surface area (Å²) < 4.78 is 13.4. The lowest BCUT2D eigenvalue weighted by Crippen LogP contribution is -2.39. The zero-order valence-corrected chi connectivity index (χ0v) is 16.1. The maximum Gasteiger partial charge on any atom is 0.257 e. The van der Waals surface area contributed by atoms with E-state index in [4.69, 9.17) is 9.47 Å². The van der Waals surface area contributed by atoms with Crippen LogP contribution in [0.5, 0.6) is 5.88 Å². The zero-order chi connectivity index (χ0) is 19.3. The summed E-state index contributed by atoms with van der Waals surface area (Å²) in [5.74, 6) is 1.34. The van der Waals surface area contributed by atoms with Gasteiger partial charge in [0.25, 0.3) is 5.91 Å². The van der Waals surface area contributed by atoms with Crippen LogP contribution < -0.4 is 4.74 Å². The molecule has 2 aliphatic rings. The number of allylic oxidation sites excluding steroid dienone is 2. The zero-order valence-electron chi connectivity index (χ0n) is 16.1.